The number of imidazole rings is 1. The second-order valence-corrected chi connectivity index (χ2v) is 8.58. The fourth-order valence-electron chi connectivity index (χ4n) is 3.75. The van der Waals surface area contributed by atoms with Crippen LogP contribution in [0.3, 0.4) is 0 Å². The number of carbonyl (C=O) groups is 1. The average Bonchev–Trinajstić information content (AvgIpc) is 3.25. The minimum Gasteiger partial charge on any atom is -0.497 e. The molecule has 3 aromatic rings. The maximum absolute atomic E-state index is 12.8. The number of aromatic nitrogens is 2. The molecule has 1 N–H and O–H groups in total. The highest BCUT2D eigenvalue weighted by Crippen LogP contribution is 2.22. The van der Waals surface area contributed by atoms with Crippen molar-refractivity contribution in [3.05, 3.63) is 72.1 Å². The molecule has 0 radical (unpaired) electrons. The van der Waals surface area contributed by atoms with Gasteiger partial charge in [-0.15, -0.1) is 0 Å². The Morgan fingerprint density at radius 1 is 1.06 bits per heavy atom. The minimum absolute atomic E-state index is 0.118. The van der Waals surface area contributed by atoms with Crippen LogP contribution in [0.25, 0.3) is 0 Å². The molecule has 0 aliphatic carbocycles. The topological polar surface area (TPSA) is 70.8 Å². The molecule has 1 saturated heterocycles. The van der Waals surface area contributed by atoms with Gasteiger partial charge >= 0.3 is 0 Å². The Balaban J connectivity index is 1.34. The van der Waals surface area contributed by atoms with Crippen molar-refractivity contribution in [1.82, 2.24) is 14.5 Å². The SMILES string of the molecule is COc1ccc(Cn2cc(CO)nc2SCC(=O)N2CCN(c3ccccc3)CC2)cc1. The number of nitrogens with zero attached hydrogens (tertiary/aromatic N) is 4. The smallest absolute Gasteiger partial charge is 0.233 e. The summed E-state index contributed by atoms with van der Waals surface area (Å²) in [6, 6.07) is 18.2. The van der Waals surface area contributed by atoms with Crippen LogP contribution < -0.4 is 9.64 Å². The Bertz CT molecular complexity index is 1020. The Labute approximate surface area is 192 Å². The van der Waals surface area contributed by atoms with Crippen LogP contribution in [0.2, 0.25) is 0 Å². The van der Waals surface area contributed by atoms with E-state index in [0.29, 0.717) is 18.0 Å². The zero-order chi connectivity index (χ0) is 22.3. The summed E-state index contributed by atoms with van der Waals surface area (Å²) in [5.41, 5.74) is 2.90. The Morgan fingerprint density at radius 3 is 2.44 bits per heavy atom. The van der Waals surface area contributed by atoms with Gasteiger partial charge in [0.25, 0.3) is 0 Å². The highest BCUT2D eigenvalue weighted by Gasteiger charge is 2.22. The van der Waals surface area contributed by atoms with E-state index in [2.05, 4.69) is 22.0 Å². The van der Waals surface area contributed by atoms with Crippen molar-refractivity contribution in [1.29, 1.82) is 0 Å². The first-order valence-electron chi connectivity index (χ1n) is 10.7. The van der Waals surface area contributed by atoms with Gasteiger partial charge in [-0.25, -0.2) is 4.98 Å². The van der Waals surface area contributed by atoms with E-state index in [-0.39, 0.29) is 12.5 Å². The number of rotatable bonds is 8. The summed E-state index contributed by atoms with van der Waals surface area (Å²) in [5.74, 6) is 1.26. The molecular weight excluding hydrogens is 424 g/mol. The summed E-state index contributed by atoms with van der Waals surface area (Å²) in [4.78, 5) is 21.6. The monoisotopic (exact) mass is 452 g/mol. The van der Waals surface area contributed by atoms with E-state index in [4.69, 9.17) is 4.74 Å². The van der Waals surface area contributed by atoms with E-state index in [0.717, 1.165) is 42.6 Å². The third kappa shape index (κ3) is 5.44. The van der Waals surface area contributed by atoms with Gasteiger partial charge in [-0.05, 0) is 29.8 Å². The number of hydrogen-bond acceptors (Lipinski definition) is 6. The lowest BCUT2D eigenvalue weighted by Crippen LogP contribution is -2.49. The molecule has 0 bridgehead atoms. The van der Waals surface area contributed by atoms with Crippen LogP contribution in [-0.2, 0) is 17.9 Å². The quantitative estimate of drug-likeness (QED) is 0.530. The van der Waals surface area contributed by atoms with Crippen molar-refractivity contribution in [2.24, 2.45) is 0 Å². The molecule has 4 rings (SSSR count). The van der Waals surface area contributed by atoms with Gasteiger partial charge in [0.2, 0.25) is 5.91 Å². The van der Waals surface area contributed by atoms with Gasteiger partial charge in [-0.2, -0.15) is 0 Å². The summed E-state index contributed by atoms with van der Waals surface area (Å²) in [6.07, 6.45) is 1.84. The third-order valence-corrected chi connectivity index (χ3v) is 6.52. The standard InChI is InChI=1S/C24H28N4O3S/c1-31-22-9-7-19(8-10-22)15-28-16-20(17-29)25-24(28)32-18-23(30)27-13-11-26(12-14-27)21-5-3-2-4-6-21/h2-10,16,29H,11-15,17-18H2,1H3. The summed E-state index contributed by atoms with van der Waals surface area (Å²) < 4.78 is 7.20. The second-order valence-electron chi connectivity index (χ2n) is 7.64. The number of amides is 1. The van der Waals surface area contributed by atoms with E-state index < -0.39 is 0 Å². The van der Waals surface area contributed by atoms with E-state index in [1.54, 1.807) is 7.11 Å². The van der Waals surface area contributed by atoms with Crippen molar-refractivity contribution < 1.29 is 14.6 Å². The van der Waals surface area contributed by atoms with Gasteiger partial charge in [-0.3, -0.25) is 4.79 Å². The molecule has 2 aromatic carbocycles. The number of piperazine rings is 1. The predicted octanol–water partition coefficient (Wildman–Crippen LogP) is 2.87. The van der Waals surface area contributed by atoms with Gasteiger partial charge in [-0.1, -0.05) is 42.1 Å². The lowest BCUT2D eigenvalue weighted by molar-refractivity contribution is -0.128. The lowest BCUT2D eigenvalue weighted by atomic mass is 10.2. The van der Waals surface area contributed by atoms with Crippen molar-refractivity contribution in [3.63, 3.8) is 0 Å². The number of methoxy groups -OCH3 is 1. The summed E-state index contributed by atoms with van der Waals surface area (Å²) >= 11 is 1.42. The Morgan fingerprint density at radius 2 is 1.78 bits per heavy atom. The number of para-hydroxylation sites is 1. The summed E-state index contributed by atoms with van der Waals surface area (Å²) in [5, 5.41) is 10.3. The fraction of sp³-hybridized carbons (Fsp3) is 0.333. The normalized spacial score (nSPS) is 13.9. The average molecular weight is 453 g/mol. The zero-order valence-corrected chi connectivity index (χ0v) is 19.0. The first-order valence-corrected chi connectivity index (χ1v) is 11.6. The van der Waals surface area contributed by atoms with E-state index in [1.807, 2.05) is 58.1 Å². The molecule has 1 aliphatic heterocycles. The molecule has 1 amide bonds. The van der Waals surface area contributed by atoms with Crippen LogP contribution in [0, 0.1) is 0 Å². The minimum atomic E-state index is -0.126. The van der Waals surface area contributed by atoms with E-state index >= 15 is 0 Å². The molecule has 0 unspecified atom stereocenters. The van der Waals surface area contributed by atoms with Gasteiger partial charge in [0, 0.05) is 44.6 Å². The number of aliphatic hydroxyl groups excluding tert-OH is 1. The van der Waals surface area contributed by atoms with Gasteiger partial charge in [0.1, 0.15) is 5.75 Å². The number of thioether (sulfide) groups is 1. The maximum atomic E-state index is 12.8. The maximum Gasteiger partial charge on any atom is 0.233 e. The molecule has 0 saturated carbocycles. The molecule has 1 fully saturated rings. The number of aliphatic hydroxyl groups is 1. The number of ether oxygens (including phenoxy) is 1. The van der Waals surface area contributed by atoms with Gasteiger partial charge < -0.3 is 24.2 Å². The van der Waals surface area contributed by atoms with Crippen LogP contribution in [0.4, 0.5) is 5.69 Å². The van der Waals surface area contributed by atoms with Crippen molar-refractivity contribution in [2.45, 2.75) is 18.3 Å². The molecule has 1 aromatic heterocycles. The molecule has 32 heavy (non-hydrogen) atoms. The third-order valence-electron chi connectivity index (χ3n) is 5.54. The number of benzene rings is 2. The van der Waals surface area contributed by atoms with Crippen LogP contribution in [0.5, 0.6) is 5.75 Å². The highest BCUT2D eigenvalue weighted by atomic mass is 32.2. The predicted molar refractivity (Wildman–Crippen MR) is 126 cm³/mol. The van der Waals surface area contributed by atoms with Crippen LogP contribution in [-0.4, -0.2) is 64.5 Å². The zero-order valence-electron chi connectivity index (χ0n) is 18.2. The van der Waals surface area contributed by atoms with Crippen LogP contribution >= 0.6 is 11.8 Å². The van der Waals surface area contributed by atoms with Gasteiger partial charge in [0.15, 0.2) is 5.16 Å². The van der Waals surface area contributed by atoms with Gasteiger partial charge in [0.05, 0.1) is 25.2 Å². The van der Waals surface area contributed by atoms with Crippen molar-refractivity contribution >= 4 is 23.4 Å². The first-order chi connectivity index (χ1) is 15.7. The van der Waals surface area contributed by atoms with Crippen LogP contribution in [0.15, 0.2) is 66.0 Å². The Kier molecular flexibility index (Phi) is 7.34. The second kappa shape index (κ2) is 10.6. The molecule has 2 heterocycles. The Hall–Kier alpha value is -2.97. The summed E-state index contributed by atoms with van der Waals surface area (Å²) in [6.45, 7) is 3.59. The largest absolute Gasteiger partial charge is 0.497 e. The highest BCUT2D eigenvalue weighted by molar-refractivity contribution is 7.99. The van der Waals surface area contributed by atoms with Crippen molar-refractivity contribution in [2.75, 3.05) is 43.9 Å². The fourth-order valence-corrected chi connectivity index (χ4v) is 4.65. The number of carbonyl (C=O) groups excluding carboxylic acids is 1. The molecule has 1 aliphatic rings. The van der Waals surface area contributed by atoms with E-state index in [9.17, 15) is 9.90 Å². The molecule has 0 spiro atoms. The molecule has 8 heteroatoms. The number of hydrogen-bond donors (Lipinski definition) is 1. The molecule has 0 atom stereocenters. The van der Waals surface area contributed by atoms with E-state index in [1.165, 1.54) is 17.4 Å². The first kappa shape index (κ1) is 22.2. The molecule has 168 valence electrons. The lowest BCUT2D eigenvalue weighted by Gasteiger charge is -2.36. The number of anilines is 1. The molecule has 7 nitrogen and oxygen atoms in total. The molecular formula is C24H28N4O3S. The summed E-state index contributed by atoms with van der Waals surface area (Å²) in [7, 11) is 1.64. The van der Waals surface area contributed by atoms with Crippen LogP contribution in [0.1, 0.15) is 11.3 Å². The van der Waals surface area contributed by atoms with Crippen molar-refractivity contribution in [3.8, 4) is 5.75 Å².